The van der Waals surface area contributed by atoms with Crippen LogP contribution in [0.4, 0.5) is 4.79 Å². The van der Waals surface area contributed by atoms with E-state index in [1.165, 1.54) is 0 Å². The Balaban J connectivity index is 1.90. The molecule has 0 spiro atoms. The van der Waals surface area contributed by atoms with Crippen LogP contribution < -0.4 is 20.1 Å². The highest BCUT2D eigenvalue weighted by Crippen LogP contribution is 2.19. The van der Waals surface area contributed by atoms with Gasteiger partial charge in [-0.25, -0.2) is 9.78 Å². The van der Waals surface area contributed by atoms with Crippen LogP contribution in [0.15, 0.2) is 42.6 Å². The van der Waals surface area contributed by atoms with Crippen LogP contribution in [0, 0.1) is 0 Å². The minimum atomic E-state index is -0.254. The topological polar surface area (TPSA) is 72.5 Å². The first kappa shape index (κ1) is 17.6. The van der Waals surface area contributed by atoms with Crippen molar-refractivity contribution in [1.82, 2.24) is 15.6 Å². The molecule has 128 valence electrons. The zero-order valence-corrected chi connectivity index (χ0v) is 14.2. The minimum absolute atomic E-state index is 0.138. The average Bonchev–Trinajstić information content (AvgIpc) is 2.60. The molecule has 1 heterocycles. The number of hydrogen-bond donors (Lipinski definition) is 2. The van der Waals surface area contributed by atoms with E-state index >= 15 is 0 Å². The van der Waals surface area contributed by atoms with Gasteiger partial charge < -0.3 is 20.1 Å². The Hall–Kier alpha value is -2.76. The first-order chi connectivity index (χ1) is 11.6. The molecule has 1 aromatic heterocycles. The standard InChI is InChI=1S/C18H23N3O3/c1-4-24-16-9-5-7-14(11-16)13(2)21-18(22)20-12-15-8-6-10-19-17(15)23-3/h5-11,13H,4,12H2,1-3H3,(H2,20,21,22). The van der Waals surface area contributed by atoms with Gasteiger partial charge in [0.1, 0.15) is 5.75 Å². The number of pyridine rings is 1. The van der Waals surface area contributed by atoms with Crippen LogP contribution in [0.25, 0.3) is 0 Å². The lowest BCUT2D eigenvalue weighted by Gasteiger charge is -2.16. The van der Waals surface area contributed by atoms with Crippen LogP contribution in [-0.4, -0.2) is 24.7 Å². The second-order valence-electron chi connectivity index (χ2n) is 5.23. The molecule has 1 aromatic carbocycles. The predicted octanol–water partition coefficient (Wildman–Crippen LogP) is 3.05. The van der Waals surface area contributed by atoms with Crippen molar-refractivity contribution in [1.29, 1.82) is 0 Å². The van der Waals surface area contributed by atoms with Gasteiger partial charge in [-0.2, -0.15) is 0 Å². The number of urea groups is 1. The van der Waals surface area contributed by atoms with Gasteiger partial charge in [0.05, 0.1) is 19.8 Å². The summed E-state index contributed by atoms with van der Waals surface area (Å²) in [6.45, 7) is 4.82. The van der Waals surface area contributed by atoms with Crippen LogP contribution in [0.5, 0.6) is 11.6 Å². The van der Waals surface area contributed by atoms with E-state index in [1.54, 1.807) is 19.4 Å². The van der Waals surface area contributed by atoms with Gasteiger partial charge in [0.2, 0.25) is 5.88 Å². The highest BCUT2D eigenvalue weighted by molar-refractivity contribution is 5.74. The quantitative estimate of drug-likeness (QED) is 0.819. The molecule has 0 bridgehead atoms. The zero-order chi connectivity index (χ0) is 17.4. The van der Waals surface area contributed by atoms with Crippen LogP contribution in [0.3, 0.4) is 0 Å². The van der Waals surface area contributed by atoms with Crippen LogP contribution in [0.2, 0.25) is 0 Å². The summed E-state index contributed by atoms with van der Waals surface area (Å²) in [5.41, 5.74) is 1.80. The first-order valence-corrected chi connectivity index (χ1v) is 7.89. The molecule has 2 N–H and O–H groups in total. The Morgan fingerprint density at radius 1 is 1.29 bits per heavy atom. The smallest absolute Gasteiger partial charge is 0.315 e. The number of amides is 2. The molecule has 1 unspecified atom stereocenters. The van der Waals surface area contributed by atoms with Crippen molar-refractivity contribution in [2.45, 2.75) is 26.4 Å². The highest BCUT2D eigenvalue weighted by atomic mass is 16.5. The van der Waals surface area contributed by atoms with E-state index in [9.17, 15) is 4.79 Å². The number of rotatable bonds is 7. The molecule has 24 heavy (non-hydrogen) atoms. The van der Waals surface area contributed by atoms with Gasteiger partial charge in [0, 0.05) is 18.3 Å². The maximum atomic E-state index is 12.1. The van der Waals surface area contributed by atoms with E-state index in [0.29, 0.717) is 19.0 Å². The summed E-state index contributed by atoms with van der Waals surface area (Å²) in [6.07, 6.45) is 1.65. The zero-order valence-electron chi connectivity index (χ0n) is 14.2. The molecule has 1 atom stereocenters. The lowest BCUT2D eigenvalue weighted by Crippen LogP contribution is -2.36. The van der Waals surface area contributed by atoms with Crippen LogP contribution in [-0.2, 0) is 6.54 Å². The number of carbonyl (C=O) groups excluding carboxylic acids is 1. The molecule has 0 aliphatic heterocycles. The Labute approximate surface area is 142 Å². The second-order valence-corrected chi connectivity index (χ2v) is 5.23. The maximum Gasteiger partial charge on any atom is 0.315 e. The largest absolute Gasteiger partial charge is 0.494 e. The fourth-order valence-electron chi connectivity index (χ4n) is 2.29. The third kappa shape index (κ3) is 4.87. The number of benzene rings is 1. The summed E-state index contributed by atoms with van der Waals surface area (Å²) in [5, 5.41) is 5.72. The van der Waals surface area contributed by atoms with Crippen molar-refractivity contribution < 1.29 is 14.3 Å². The fraction of sp³-hybridized carbons (Fsp3) is 0.333. The molecule has 0 aliphatic carbocycles. The highest BCUT2D eigenvalue weighted by Gasteiger charge is 2.11. The normalized spacial score (nSPS) is 11.5. The number of nitrogens with one attached hydrogen (secondary N) is 2. The molecule has 2 amide bonds. The van der Waals surface area contributed by atoms with E-state index in [2.05, 4.69) is 15.6 Å². The fourth-order valence-corrected chi connectivity index (χ4v) is 2.29. The monoisotopic (exact) mass is 329 g/mol. The minimum Gasteiger partial charge on any atom is -0.494 e. The van der Waals surface area contributed by atoms with Gasteiger partial charge in [-0.3, -0.25) is 0 Å². The summed E-state index contributed by atoms with van der Waals surface area (Å²) < 4.78 is 10.7. The van der Waals surface area contributed by atoms with Crippen molar-refractivity contribution >= 4 is 6.03 Å². The summed E-state index contributed by atoms with van der Waals surface area (Å²) >= 11 is 0. The van der Waals surface area contributed by atoms with Crippen LogP contribution in [0.1, 0.15) is 31.0 Å². The molecule has 0 saturated heterocycles. The third-order valence-electron chi connectivity index (χ3n) is 3.50. The molecule has 6 heteroatoms. The number of ether oxygens (including phenoxy) is 2. The van der Waals surface area contributed by atoms with Gasteiger partial charge in [0.15, 0.2) is 0 Å². The Bertz CT molecular complexity index is 676. The molecule has 0 saturated carbocycles. The van der Waals surface area contributed by atoms with E-state index in [0.717, 1.165) is 16.9 Å². The number of hydrogen-bond acceptors (Lipinski definition) is 4. The van der Waals surface area contributed by atoms with E-state index in [4.69, 9.17) is 9.47 Å². The SMILES string of the molecule is CCOc1cccc(C(C)NC(=O)NCc2cccnc2OC)c1. The van der Waals surface area contributed by atoms with Gasteiger partial charge in [0.25, 0.3) is 0 Å². The first-order valence-electron chi connectivity index (χ1n) is 7.89. The van der Waals surface area contributed by atoms with Gasteiger partial charge in [-0.1, -0.05) is 18.2 Å². The molecule has 0 aliphatic rings. The van der Waals surface area contributed by atoms with Gasteiger partial charge in [-0.15, -0.1) is 0 Å². The molecule has 0 fully saturated rings. The van der Waals surface area contributed by atoms with Gasteiger partial charge in [-0.05, 0) is 37.6 Å². The van der Waals surface area contributed by atoms with Gasteiger partial charge >= 0.3 is 6.03 Å². The Morgan fingerprint density at radius 2 is 2.12 bits per heavy atom. The Morgan fingerprint density at radius 3 is 2.88 bits per heavy atom. The Kier molecular flexibility index (Phi) is 6.42. The molecule has 6 nitrogen and oxygen atoms in total. The second kappa shape index (κ2) is 8.76. The summed E-state index contributed by atoms with van der Waals surface area (Å²) in [7, 11) is 1.55. The molecular formula is C18H23N3O3. The van der Waals surface area contributed by atoms with Crippen molar-refractivity contribution in [2.75, 3.05) is 13.7 Å². The average molecular weight is 329 g/mol. The number of aromatic nitrogens is 1. The van der Waals surface area contributed by atoms with E-state index < -0.39 is 0 Å². The molecular weight excluding hydrogens is 306 g/mol. The van der Waals surface area contributed by atoms with Crippen molar-refractivity contribution in [3.8, 4) is 11.6 Å². The van der Waals surface area contributed by atoms with Crippen molar-refractivity contribution in [2.24, 2.45) is 0 Å². The molecule has 0 radical (unpaired) electrons. The lowest BCUT2D eigenvalue weighted by molar-refractivity contribution is 0.237. The lowest BCUT2D eigenvalue weighted by atomic mass is 10.1. The summed E-state index contributed by atoms with van der Waals surface area (Å²) in [5.74, 6) is 1.31. The third-order valence-corrected chi connectivity index (χ3v) is 3.50. The molecule has 2 aromatic rings. The summed E-state index contributed by atoms with van der Waals surface area (Å²) in [6, 6.07) is 11.0. The van der Waals surface area contributed by atoms with E-state index in [-0.39, 0.29) is 12.1 Å². The maximum absolute atomic E-state index is 12.1. The number of carbonyl (C=O) groups is 1. The molecule has 2 rings (SSSR count). The van der Waals surface area contributed by atoms with Crippen molar-refractivity contribution in [3.05, 3.63) is 53.7 Å². The predicted molar refractivity (Wildman–Crippen MR) is 92.2 cm³/mol. The van der Waals surface area contributed by atoms with E-state index in [1.807, 2.05) is 44.2 Å². The van der Waals surface area contributed by atoms with Crippen molar-refractivity contribution in [3.63, 3.8) is 0 Å². The summed E-state index contributed by atoms with van der Waals surface area (Å²) in [4.78, 5) is 16.2. The number of methoxy groups -OCH3 is 1. The number of nitrogens with zero attached hydrogens (tertiary/aromatic N) is 1. The van der Waals surface area contributed by atoms with Crippen LogP contribution >= 0.6 is 0 Å².